The van der Waals surface area contributed by atoms with Gasteiger partial charge in [0.05, 0.1) is 0 Å². The highest BCUT2D eigenvalue weighted by molar-refractivity contribution is 7.99. The molecule has 0 spiro atoms. The van der Waals surface area contributed by atoms with Gasteiger partial charge in [0.15, 0.2) is 0 Å². The quantitative estimate of drug-likeness (QED) is 0.834. The predicted molar refractivity (Wildman–Crippen MR) is 65.5 cm³/mol. The summed E-state index contributed by atoms with van der Waals surface area (Å²) in [5.41, 5.74) is 7.05. The summed E-state index contributed by atoms with van der Waals surface area (Å²) < 4.78 is 12.8. The number of hydrogen-bond donors (Lipinski definition) is 1. The van der Waals surface area contributed by atoms with Gasteiger partial charge in [0.25, 0.3) is 0 Å². The van der Waals surface area contributed by atoms with Gasteiger partial charge in [-0.2, -0.15) is 11.8 Å². The molecule has 0 bridgehead atoms. The highest BCUT2D eigenvalue weighted by Crippen LogP contribution is 2.31. The van der Waals surface area contributed by atoms with E-state index in [1.165, 1.54) is 12.1 Å². The Morgan fingerprint density at radius 3 is 2.40 bits per heavy atom. The Kier molecular flexibility index (Phi) is 5.12. The van der Waals surface area contributed by atoms with Crippen LogP contribution < -0.4 is 5.73 Å². The van der Waals surface area contributed by atoms with Gasteiger partial charge in [-0.15, -0.1) is 0 Å². The van der Waals surface area contributed by atoms with Crippen LogP contribution in [0.1, 0.15) is 31.1 Å². The molecule has 2 unspecified atom stereocenters. The second kappa shape index (κ2) is 6.13. The fraction of sp³-hybridized carbons (Fsp3) is 0.500. The van der Waals surface area contributed by atoms with Gasteiger partial charge in [0.1, 0.15) is 5.82 Å². The monoisotopic (exact) mass is 227 g/mol. The molecule has 1 aromatic carbocycles. The number of hydrogen-bond acceptors (Lipinski definition) is 2. The normalized spacial score (nSPS) is 14.9. The molecule has 2 N–H and O–H groups in total. The molecule has 0 aliphatic rings. The van der Waals surface area contributed by atoms with Crippen LogP contribution in [0, 0.1) is 5.82 Å². The van der Waals surface area contributed by atoms with E-state index >= 15 is 0 Å². The lowest BCUT2D eigenvalue weighted by molar-refractivity contribution is 0.625. The number of thioether (sulfide) groups is 1. The predicted octanol–water partition coefficient (Wildman–Crippen LogP) is 3.36. The lowest BCUT2D eigenvalue weighted by Gasteiger charge is -2.20. The first-order valence-electron chi connectivity index (χ1n) is 5.27. The van der Waals surface area contributed by atoms with E-state index in [0.717, 1.165) is 17.7 Å². The van der Waals surface area contributed by atoms with Crippen molar-refractivity contribution < 1.29 is 4.39 Å². The van der Waals surface area contributed by atoms with E-state index in [2.05, 4.69) is 6.92 Å². The molecule has 0 heterocycles. The standard InChI is InChI=1S/C12H18FNS/c1-3-8-15-12(9(2)14)10-4-6-11(13)7-5-10/h4-7,9,12H,3,8,14H2,1-2H3. The van der Waals surface area contributed by atoms with Crippen LogP contribution in [0.4, 0.5) is 4.39 Å². The van der Waals surface area contributed by atoms with Gasteiger partial charge in [-0.1, -0.05) is 19.1 Å². The lowest BCUT2D eigenvalue weighted by atomic mass is 10.1. The third-order valence-corrected chi connectivity index (χ3v) is 3.88. The fourth-order valence-corrected chi connectivity index (χ4v) is 2.59. The summed E-state index contributed by atoms with van der Waals surface area (Å²) in [6.45, 7) is 4.15. The van der Waals surface area contributed by atoms with Crippen molar-refractivity contribution in [2.24, 2.45) is 5.73 Å². The molecule has 0 amide bonds. The maximum atomic E-state index is 12.8. The van der Waals surface area contributed by atoms with Crippen molar-refractivity contribution in [3.05, 3.63) is 35.6 Å². The van der Waals surface area contributed by atoms with Crippen molar-refractivity contribution in [2.75, 3.05) is 5.75 Å². The average Bonchev–Trinajstić information content (AvgIpc) is 2.21. The Labute approximate surface area is 95.2 Å². The van der Waals surface area contributed by atoms with Crippen molar-refractivity contribution in [1.82, 2.24) is 0 Å². The van der Waals surface area contributed by atoms with Gasteiger partial charge in [-0.3, -0.25) is 0 Å². The maximum absolute atomic E-state index is 12.8. The zero-order chi connectivity index (χ0) is 11.3. The fourth-order valence-electron chi connectivity index (χ4n) is 1.45. The molecule has 1 rings (SSSR count). The molecule has 0 aromatic heterocycles. The van der Waals surface area contributed by atoms with Gasteiger partial charge < -0.3 is 5.73 Å². The SMILES string of the molecule is CCCSC(c1ccc(F)cc1)C(C)N. The van der Waals surface area contributed by atoms with E-state index in [9.17, 15) is 4.39 Å². The molecule has 84 valence electrons. The molecule has 0 fully saturated rings. The molecule has 0 radical (unpaired) electrons. The first kappa shape index (κ1) is 12.5. The molecule has 0 aliphatic carbocycles. The first-order chi connectivity index (χ1) is 7.15. The van der Waals surface area contributed by atoms with E-state index in [0.29, 0.717) is 0 Å². The van der Waals surface area contributed by atoms with Crippen molar-refractivity contribution >= 4 is 11.8 Å². The van der Waals surface area contributed by atoms with Crippen LogP contribution in [0.5, 0.6) is 0 Å². The van der Waals surface area contributed by atoms with E-state index in [1.54, 1.807) is 0 Å². The number of benzene rings is 1. The largest absolute Gasteiger partial charge is 0.327 e. The first-order valence-corrected chi connectivity index (χ1v) is 6.32. The molecule has 2 atom stereocenters. The van der Waals surface area contributed by atoms with Gasteiger partial charge in [0.2, 0.25) is 0 Å². The van der Waals surface area contributed by atoms with E-state index in [1.807, 2.05) is 30.8 Å². The highest BCUT2D eigenvalue weighted by atomic mass is 32.2. The highest BCUT2D eigenvalue weighted by Gasteiger charge is 2.15. The maximum Gasteiger partial charge on any atom is 0.123 e. The number of nitrogens with two attached hydrogens (primary N) is 1. The summed E-state index contributed by atoms with van der Waals surface area (Å²) in [6.07, 6.45) is 1.13. The zero-order valence-corrected chi connectivity index (χ0v) is 10.1. The van der Waals surface area contributed by atoms with Crippen LogP contribution >= 0.6 is 11.8 Å². The molecule has 1 nitrogen and oxygen atoms in total. The Balaban J connectivity index is 2.74. The summed E-state index contributed by atoms with van der Waals surface area (Å²) in [5.74, 6) is 0.895. The van der Waals surface area contributed by atoms with Gasteiger partial charge >= 0.3 is 0 Å². The van der Waals surface area contributed by atoms with Gasteiger partial charge in [-0.05, 0) is 36.8 Å². The van der Waals surface area contributed by atoms with E-state index in [-0.39, 0.29) is 17.1 Å². The second-order valence-corrected chi connectivity index (χ2v) is 4.95. The van der Waals surface area contributed by atoms with Crippen molar-refractivity contribution in [1.29, 1.82) is 0 Å². The third-order valence-electron chi connectivity index (χ3n) is 2.18. The Morgan fingerprint density at radius 1 is 1.33 bits per heavy atom. The Bertz CT molecular complexity index is 284. The lowest BCUT2D eigenvalue weighted by Crippen LogP contribution is -2.22. The minimum absolute atomic E-state index is 0.0898. The molecule has 3 heteroatoms. The zero-order valence-electron chi connectivity index (χ0n) is 9.24. The van der Waals surface area contributed by atoms with E-state index in [4.69, 9.17) is 5.73 Å². The van der Waals surface area contributed by atoms with Crippen LogP contribution in [-0.4, -0.2) is 11.8 Å². The summed E-state index contributed by atoms with van der Waals surface area (Å²) in [7, 11) is 0. The van der Waals surface area contributed by atoms with Crippen LogP contribution in [-0.2, 0) is 0 Å². The van der Waals surface area contributed by atoms with Crippen molar-refractivity contribution in [2.45, 2.75) is 31.6 Å². The van der Waals surface area contributed by atoms with E-state index < -0.39 is 0 Å². The molecular weight excluding hydrogens is 209 g/mol. The molecule has 0 aliphatic heterocycles. The summed E-state index contributed by atoms with van der Waals surface area (Å²) >= 11 is 1.84. The second-order valence-electron chi connectivity index (χ2n) is 3.70. The van der Waals surface area contributed by atoms with Crippen LogP contribution in [0.25, 0.3) is 0 Å². The Hall–Kier alpha value is -0.540. The van der Waals surface area contributed by atoms with Crippen LogP contribution in [0.15, 0.2) is 24.3 Å². The average molecular weight is 227 g/mol. The minimum Gasteiger partial charge on any atom is -0.327 e. The number of halogens is 1. The third kappa shape index (κ3) is 3.84. The minimum atomic E-state index is -0.192. The molecule has 1 aromatic rings. The number of rotatable bonds is 5. The molecular formula is C12H18FNS. The van der Waals surface area contributed by atoms with Crippen LogP contribution in [0.3, 0.4) is 0 Å². The topological polar surface area (TPSA) is 26.0 Å². The van der Waals surface area contributed by atoms with Crippen molar-refractivity contribution in [3.63, 3.8) is 0 Å². The summed E-state index contributed by atoms with van der Waals surface area (Å²) in [4.78, 5) is 0. The smallest absolute Gasteiger partial charge is 0.123 e. The summed E-state index contributed by atoms with van der Waals surface area (Å²) in [5, 5.41) is 0.269. The van der Waals surface area contributed by atoms with Crippen LogP contribution in [0.2, 0.25) is 0 Å². The Morgan fingerprint density at radius 2 is 1.93 bits per heavy atom. The molecule has 0 saturated carbocycles. The molecule has 0 saturated heterocycles. The van der Waals surface area contributed by atoms with Gasteiger partial charge in [-0.25, -0.2) is 4.39 Å². The molecule has 15 heavy (non-hydrogen) atoms. The summed E-state index contributed by atoms with van der Waals surface area (Å²) in [6, 6.07) is 6.74. The van der Waals surface area contributed by atoms with Gasteiger partial charge in [0, 0.05) is 11.3 Å². The van der Waals surface area contributed by atoms with Crippen molar-refractivity contribution in [3.8, 4) is 0 Å².